The van der Waals surface area contributed by atoms with Crippen molar-refractivity contribution in [1.82, 2.24) is 15.6 Å². The summed E-state index contributed by atoms with van der Waals surface area (Å²) in [6, 6.07) is 5.37. The van der Waals surface area contributed by atoms with Gasteiger partial charge in [0.15, 0.2) is 5.11 Å². The van der Waals surface area contributed by atoms with E-state index in [1.165, 1.54) is 0 Å². The molecule has 1 aromatic heterocycles. The summed E-state index contributed by atoms with van der Waals surface area (Å²) in [6.07, 6.45) is 1.87. The molecular formula is C11H11N3O2S. The van der Waals surface area contributed by atoms with Gasteiger partial charge in [-0.2, -0.15) is 0 Å². The monoisotopic (exact) mass is 249 g/mol. The van der Waals surface area contributed by atoms with Crippen molar-refractivity contribution in [1.29, 1.82) is 0 Å². The van der Waals surface area contributed by atoms with Crippen LogP contribution < -0.4 is 10.6 Å². The van der Waals surface area contributed by atoms with Crippen molar-refractivity contribution in [2.24, 2.45) is 5.41 Å². The lowest BCUT2D eigenvalue weighted by Gasteiger charge is -2.31. The van der Waals surface area contributed by atoms with Crippen LogP contribution in [0.3, 0.4) is 0 Å². The second-order valence-electron chi connectivity index (χ2n) is 4.07. The van der Waals surface area contributed by atoms with Gasteiger partial charge in [-0.25, -0.2) is 0 Å². The van der Waals surface area contributed by atoms with Crippen LogP contribution in [0.2, 0.25) is 0 Å². The van der Waals surface area contributed by atoms with Crippen LogP contribution in [0.5, 0.6) is 0 Å². The van der Waals surface area contributed by atoms with Gasteiger partial charge in [0.05, 0.1) is 0 Å². The minimum atomic E-state index is -1.17. The van der Waals surface area contributed by atoms with Gasteiger partial charge in [0.1, 0.15) is 5.41 Å². The summed E-state index contributed by atoms with van der Waals surface area (Å²) >= 11 is 4.75. The van der Waals surface area contributed by atoms with E-state index in [0.29, 0.717) is 5.69 Å². The second kappa shape index (κ2) is 4.21. The molecule has 1 aliphatic rings. The van der Waals surface area contributed by atoms with E-state index in [1.807, 2.05) is 6.07 Å². The van der Waals surface area contributed by atoms with Crippen molar-refractivity contribution >= 4 is 29.1 Å². The minimum Gasteiger partial charge on any atom is -0.302 e. The number of amides is 2. The highest BCUT2D eigenvalue weighted by atomic mass is 32.1. The lowest BCUT2D eigenvalue weighted by molar-refractivity contribution is -0.142. The zero-order valence-corrected chi connectivity index (χ0v) is 10.0. The molecule has 0 aromatic carbocycles. The molecule has 17 heavy (non-hydrogen) atoms. The Labute approximate surface area is 104 Å². The van der Waals surface area contributed by atoms with E-state index in [9.17, 15) is 9.59 Å². The molecule has 0 unspecified atom stereocenters. The third-order valence-corrected chi connectivity index (χ3v) is 2.92. The molecule has 2 amide bonds. The number of hydrogen-bond acceptors (Lipinski definition) is 4. The van der Waals surface area contributed by atoms with E-state index >= 15 is 0 Å². The summed E-state index contributed by atoms with van der Waals surface area (Å²) in [6.45, 7) is 1.58. The van der Waals surface area contributed by atoms with Gasteiger partial charge in [0.2, 0.25) is 11.8 Å². The Balaban J connectivity index is 2.26. The summed E-state index contributed by atoms with van der Waals surface area (Å²) in [4.78, 5) is 27.8. The van der Waals surface area contributed by atoms with Crippen LogP contribution in [0.15, 0.2) is 24.4 Å². The smallest absolute Gasteiger partial charge is 0.241 e. The first-order chi connectivity index (χ1) is 8.02. The van der Waals surface area contributed by atoms with Crippen LogP contribution in [0.4, 0.5) is 0 Å². The van der Waals surface area contributed by atoms with E-state index in [2.05, 4.69) is 15.6 Å². The Bertz CT molecular complexity index is 467. The van der Waals surface area contributed by atoms with Gasteiger partial charge in [0.25, 0.3) is 0 Å². The molecule has 0 bridgehead atoms. The van der Waals surface area contributed by atoms with Crippen LogP contribution in [0.1, 0.15) is 12.6 Å². The highest BCUT2D eigenvalue weighted by Crippen LogP contribution is 2.24. The summed E-state index contributed by atoms with van der Waals surface area (Å²) < 4.78 is 0. The average Bonchev–Trinajstić information content (AvgIpc) is 2.28. The Morgan fingerprint density at radius 1 is 1.29 bits per heavy atom. The SMILES string of the molecule is CC1(Cc2ccccn2)C(=O)NC(=S)NC1=O. The number of carbonyl (C=O) groups is 2. The van der Waals surface area contributed by atoms with Gasteiger partial charge < -0.3 is 10.6 Å². The van der Waals surface area contributed by atoms with Crippen LogP contribution in [-0.4, -0.2) is 21.9 Å². The molecule has 0 spiro atoms. The summed E-state index contributed by atoms with van der Waals surface area (Å²) in [5, 5.41) is 4.96. The first-order valence-corrected chi connectivity index (χ1v) is 5.50. The maximum atomic E-state index is 11.9. The number of aromatic nitrogens is 1. The first-order valence-electron chi connectivity index (χ1n) is 5.09. The molecule has 0 saturated carbocycles. The van der Waals surface area contributed by atoms with Gasteiger partial charge in [-0.3, -0.25) is 14.6 Å². The number of rotatable bonds is 2. The zero-order chi connectivity index (χ0) is 12.5. The van der Waals surface area contributed by atoms with Crippen LogP contribution in [-0.2, 0) is 16.0 Å². The quantitative estimate of drug-likeness (QED) is 0.578. The Kier molecular flexibility index (Phi) is 2.89. The maximum absolute atomic E-state index is 11.9. The third kappa shape index (κ3) is 2.16. The highest BCUT2D eigenvalue weighted by Gasteiger charge is 2.45. The van der Waals surface area contributed by atoms with Crippen molar-refractivity contribution in [2.75, 3.05) is 0 Å². The molecule has 2 N–H and O–H groups in total. The fourth-order valence-electron chi connectivity index (χ4n) is 1.64. The number of nitrogens with one attached hydrogen (secondary N) is 2. The molecule has 88 valence electrons. The average molecular weight is 249 g/mol. The van der Waals surface area contributed by atoms with Crippen molar-refractivity contribution in [3.8, 4) is 0 Å². The van der Waals surface area contributed by atoms with Crippen LogP contribution in [0, 0.1) is 5.41 Å². The van der Waals surface area contributed by atoms with E-state index in [4.69, 9.17) is 12.2 Å². The maximum Gasteiger partial charge on any atom is 0.241 e. The molecule has 1 saturated heterocycles. The molecule has 0 atom stereocenters. The molecule has 2 rings (SSSR count). The van der Waals surface area contributed by atoms with Gasteiger partial charge in [-0.05, 0) is 31.3 Å². The molecule has 6 heteroatoms. The first kappa shape index (κ1) is 11.7. The lowest BCUT2D eigenvalue weighted by atomic mass is 9.82. The van der Waals surface area contributed by atoms with Crippen molar-refractivity contribution < 1.29 is 9.59 Å². The summed E-state index contributed by atoms with van der Waals surface area (Å²) in [5.41, 5.74) is -0.482. The third-order valence-electron chi connectivity index (χ3n) is 2.72. The fourth-order valence-corrected chi connectivity index (χ4v) is 1.83. The van der Waals surface area contributed by atoms with Gasteiger partial charge in [-0.15, -0.1) is 0 Å². The van der Waals surface area contributed by atoms with Crippen molar-refractivity contribution in [3.05, 3.63) is 30.1 Å². The van der Waals surface area contributed by atoms with Gasteiger partial charge in [0, 0.05) is 18.3 Å². The van der Waals surface area contributed by atoms with E-state index in [1.54, 1.807) is 25.3 Å². The number of pyridine rings is 1. The lowest BCUT2D eigenvalue weighted by Crippen LogP contribution is -2.61. The van der Waals surface area contributed by atoms with E-state index in [-0.39, 0.29) is 11.5 Å². The molecule has 5 nitrogen and oxygen atoms in total. The number of carbonyl (C=O) groups excluding carboxylic acids is 2. The van der Waals surface area contributed by atoms with Crippen molar-refractivity contribution in [3.63, 3.8) is 0 Å². The summed E-state index contributed by atoms with van der Waals surface area (Å²) in [7, 11) is 0. The largest absolute Gasteiger partial charge is 0.302 e. The summed E-state index contributed by atoms with van der Waals surface area (Å²) in [5.74, 6) is -0.784. The number of thiocarbonyl (C=S) groups is 1. The Morgan fingerprint density at radius 3 is 2.47 bits per heavy atom. The topological polar surface area (TPSA) is 71.1 Å². The van der Waals surface area contributed by atoms with Gasteiger partial charge >= 0.3 is 0 Å². The minimum absolute atomic E-state index is 0.0542. The van der Waals surface area contributed by atoms with Crippen LogP contribution in [0.25, 0.3) is 0 Å². The normalized spacial score (nSPS) is 18.5. The van der Waals surface area contributed by atoms with E-state index < -0.39 is 17.2 Å². The second-order valence-corrected chi connectivity index (χ2v) is 4.48. The van der Waals surface area contributed by atoms with Crippen molar-refractivity contribution in [2.45, 2.75) is 13.3 Å². The Morgan fingerprint density at radius 2 is 1.94 bits per heavy atom. The zero-order valence-electron chi connectivity index (χ0n) is 9.19. The molecular weight excluding hydrogens is 238 g/mol. The molecule has 0 radical (unpaired) electrons. The fraction of sp³-hybridized carbons (Fsp3) is 0.273. The molecule has 1 aromatic rings. The standard InChI is InChI=1S/C11H11N3O2S/c1-11(6-7-4-2-3-5-12-7)8(15)13-10(17)14-9(11)16/h2-5H,6H2,1H3,(H2,13,14,15,16,17). The predicted octanol–water partition coefficient (Wildman–Crippen LogP) is 0.161. The molecule has 1 fully saturated rings. The highest BCUT2D eigenvalue weighted by molar-refractivity contribution is 7.80. The number of hydrogen-bond donors (Lipinski definition) is 2. The van der Waals surface area contributed by atoms with E-state index in [0.717, 1.165) is 0 Å². The molecule has 2 heterocycles. The predicted molar refractivity (Wildman–Crippen MR) is 64.9 cm³/mol. The molecule has 1 aliphatic heterocycles. The number of nitrogens with zero attached hydrogens (tertiary/aromatic N) is 1. The Hall–Kier alpha value is -1.82. The van der Waals surface area contributed by atoms with Crippen LogP contribution >= 0.6 is 12.2 Å². The molecule has 0 aliphatic carbocycles. The van der Waals surface area contributed by atoms with Gasteiger partial charge in [-0.1, -0.05) is 6.07 Å².